The number of likely N-dealkylation sites (tertiary alicyclic amines) is 1. The predicted octanol–water partition coefficient (Wildman–Crippen LogP) is 3.59. The Morgan fingerprint density at radius 3 is 2.62 bits per heavy atom. The average Bonchev–Trinajstić information content (AvgIpc) is 3.44. The van der Waals surface area contributed by atoms with Crippen LogP contribution < -0.4 is 5.32 Å². The van der Waals surface area contributed by atoms with Crippen molar-refractivity contribution in [1.29, 1.82) is 0 Å². The smallest absolute Gasteiger partial charge is 0.162 e. The van der Waals surface area contributed by atoms with E-state index in [9.17, 15) is 18.7 Å². The summed E-state index contributed by atoms with van der Waals surface area (Å²) in [5, 5.41) is 15.3. The number of methoxy groups -OCH3 is 1. The van der Waals surface area contributed by atoms with Crippen molar-refractivity contribution in [1.82, 2.24) is 15.2 Å². The number of halogens is 3. The molecule has 186 valence electrons. The van der Waals surface area contributed by atoms with Crippen molar-refractivity contribution in [3.63, 3.8) is 0 Å². The summed E-state index contributed by atoms with van der Waals surface area (Å²) in [6.07, 6.45) is 0.272. The molecule has 0 bridgehead atoms. The van der Waals surface area contributed by atoms with Gasteiger partial charge in [-0.05, 0) is 32.0 Å². The maximum Gasteiger partial charge on any atom is 0.162 e. The highest BCUT2D eigenvalue weighted by molar-refractivity contribution is 9.10. The van der Waals surface area contributed by atoms with Crippen LogP contribution in [0.1, 0.15) is 18.9 Å². The van der Waals surface area contributed by atoms with Gasteiger partial charge < -0.3 is 15.2 Å². The number of alkyl halides is 1. The molecule has 0 amide bonds. The number of rotatable bonds is 5. The molecular weight excluding hydrogens is 530 g/mol. The molecule has 3 atom stereocenters. The zero-order chi connectivity index (χ0) is 25.1. The number of aliphatic hydroxyl groups is 1. The highest BCUT2D eigenvalue weighted by Gasteiger charge is 2.33. The summed E-state index contributed by atoms with van der Waals surface area (Å²) in [7, 11) is 1.68. The number of amidine groups is 1. The minimum Gasteiger partial charge on any atom is -0.389 e. The molecule has 2 unspecified atom stereocenters. The van der Waals surface area contributed by atoms with Gasteiger partial charge in [-0.2, -0.15) is 0 Å². The number of aldehydes is 1. The molecule has 0 radical (unpaired) electrons. The van der Waals surface area contributed by atoms with E-state index in [1.165, 1.54) is 23.5 Å². The van der Waals surface area contributed by atoms with Gasteiger partial charge in [-0.15, -0.1) is 11.3 Å². The van der Waals surface area contributed by atoms with E-state index in [1.807, 2.05) is 19.2 Å². The molecule has 1 aromatic heterocycles. The summed E-state index contributed by atoms with van der Waals surface area (Å²) in [5.41, 5.74) is 1.25. The second-order valence-corrected chi connectivity index (χ2v) is 9.27. The summed E-state index contributed by atoms with van der Waals surface area (Å²) < 4.78 is 30.9. The molecule has 2 N–H and O–H groups in total. The number of β-amino-alcohol motifs (C(OH)–C–C–N with tert-alkyl or cyclic N) is 1. The number of hydrogen-bond acceptors (Lipinski definition) is 8. The first-order valence-corrected chi connectivity index (χ1v) is 12.3. The third-order valence-corrected chi connectivity index (χ3v) is 6.18. The van der Waals surface area contributed by atoms with Crippen molar-refractivity contribution in [2.24, 2.45) is 4.99 Å². The molecule has 4 rings (SSSR count). The first-order chi connectivity index (χ1) is 16.3. The highest BCUT2D eigenvalue weighted by atomic mass is 79.9. The summed E-state index contributed by atoms with van der Waals surface area (Å²) in [4.78, 5) is 21.8. The number of aliphatic imine (C=N–C) groups is 1. The minimum atomic E-state index is -1.24. The molecule has 0 saturated carbocycles. The minimum absolute atomic E-state index is 0.163. The molecule has 3 heterocycles. The van der Waals surface area contributed by atoms with Crippen molar-refractivity contribution in [2.45, 2.75) is 32.2 Å². The lowest BCUT2D eigenvalue weighted by Gasteiger charge is -2.26. The van der Waals surface area contributed by atoms with Crippen molar-refractivity contribution in [3.8, 4) is 0 Å². The van der Waals surface area contributed by atoms with E-state index in [1.54, 1.807) is 30.3 Å². The molecule has 1 aromatic carbocycles. The van der Waals surface area contributed by atoms with Gasteiger partial charge in [0.15, 0.2) is 10.8 Å². The predicted molar refractivity (Wildman–Crippen MR) is 133 cm³/mol. The molecule has 2 aliphatic rings. The number of hydrogen-bond donors (Lipinski definition) is 2. The third-order valence-electron chi connectivity index (χ3n) is 4.90. The fourth-order valence-corrected chi connectivity index (χ4v) is 4.11. The second kappa shape index (κ2) is 14.4. The molecule has 1 saturated heterocycles. The summed E-state index contributed by atoms with van der Waals surface area (Å²) in [6, 6.07) is 5.98. The molecule has 1 fully saturated rings. The quantitative estimate of drug-likeness (QED) is 0.545. The van der Waals surface area contributed by atoms with E-state index in [2.05, 4.69) is 36.0 Å². The normalized spacial score (nSPS) is 22.1. The number of aromatic nitrogens is 1. The van der Waals surface area contributed by atoms with Crippen LogP contribution >= 0.6 is 27.3 Å². The van der Waals surface area contributed by atoms with E-state index < -0.39 is 12.3 Å². The maximum absolute atomic E-state index is 13.4. The molecule has 0 aliphatic carbocycles. The van der Waals surface area contributed by atoms with Crippen molar-refractivity contribution >= 4 is 39.4 Å². The first kappa shape index (κ1) is 28.2. The van der Waals surface area contributed by atoms with Gasteiger partial charge in [-0.25, -0.2) is 13.8 Å². The van der Waals surface area contributed by atoms with Gasteiger partial charge in [-0.3, -0.25) is 14.7 Å². The zero-order valence-corrected chi connectivity index (χ0v) is 21.7. The lowest BCUT2D eigenvalue weighted by atomic mass is 10.1. The van der Waals surface area contributed by atoms with E-state index in [0.29, 0.717) is 23.7 Å². The topological polar surface area (TPSA) is 87.1 Å². The summed E-state index contributed by atoms with van der Waals surface area (Å²) in [5.74, 6) is 0.416. The molecule has 2 aliphatic heterocycles. The van der Waals surface area contributed by atoms with E-state index in [0.717, 1.165) is 22.4 Å². The van der Waals surface area contributed by atoms with Crippen LogP contribution in [-0.4, -0.2) is 78.8 Å². The van der Waals surface area contributed by atoms with Gasteiger partial charge in [0.2, 0.25) is 0 Å². The van der Waals surface area contributed by atoms with E-state index >= 15 is 0 Å². The Morgan fingerprint density at radius 2 is 2.15 bits per heavy atom. The molecule has 2 aromatic rings. The van der Waals surface area contributed by atoms with Crippen LogP contribution in [-0.2, 0) is 9.53 Å². The zero-order valence-electron chi connectivity index (χ0n) is 19.2. The van der Waals surface area contributed by atoms with Gasteiger partial charge in [-0.1, -0.05) is 22.0 Å². The lowest BCUT2D eigenvalue weighted by Crippen LogP contribution is -2.39. The van der Waals surface area contributed by atoms with E-state index in [4.69, 9.17) is 0 Å². The Kier molecular flexibility index (Phi) is 11.9. The van der Waals surface area contributed by atoms with Crippen molar-refractivity contribution < 1.29 is 23.4 Å². The Morgan fingerprint density at radius 1 is 1.41 bits per heavy atom. The van der Waals surface area contributed by atoms with Crippen LogP contribution in [0.2, 0.25) is 0 Å². The van der Waals surface area contributed by atoms with Gasteiger partial charge in [0.05, 0.1) is 12.1 Å². The van der Waals surface area contributed by atoms with Gasteiger partial charge in [0, 0.05) is 60.7 Å². The van der Waals surface area contributed by atoms with Crippen molar-refractivity contribution in [2.75, 3.05) is 33.4 Å². The fraction of sp³-hybridized carbons (Fsp3) is 0.435. The number of aliphatic hydroxyl groups excluding tert-OH is 1. The molecule has 0 spiro atoms. The van der Waals surface area contributed by atoms with Crippen LogP contribution in [0.15, 0.2) is 56.6 Å². The standard InChI is InChI=1S/C14H17FN4O2S.C6H4BrF.C3H8O/c1-8-9(7-20)11(5-19-4-10(15)12(21)6-19)18-13(17-8)14-16-2-3-22-14;7-5-2-1-3-6(8)4-5;1-3-4-2/h2-3,7-8,10,12,21H,4-6H2,1H3,(H,17,18);1-4H;3H2,1-2H3/t8-,10?,12?;;/m0../s1. The van der Waals surface area contributed by atoms with Gasteiger partial charge in [0.25, 0.3) is 0 Å². The SMILES string of the molecule is CCOC.C[C@@H]1N=C(c2nccs2)NC(CN2CC(O)C(F)C2)=C1C=O.Fc1cccc(Br)c1. The number of thiazole rings is 1. The second-order valence-electron chi connectivity index (χ2n) is 7.46. The van der Waals surface area contributed by atoms with Crippen LogP contribution in [0.4, 0.5) is 8.78 Å². The average molecular weight is 559 g/mol. The first-order valence-electron chi connectivity index (χ1n) is 10.7. The fourth-order valence-electron chi connectivity index (χ4n) is 3.15. The molecule has 7 nitrogen and oxygen atoms in total. The number of ether oxygens (including phenoxy) is 1. The number of benzene rings is 1. The molecular formula is C23H29BrF2N4O3S. The van der Waals surface area contributed by atoms with Crippen LogP contribution in [0, 0.1) is 5.82 Å². The Labute approximate surface area is 210 Å². The number of carbonyl (C=O) groups excluding carboxylic acids is 1. The Bertz CT molecular complexity index is 946. The third kappa shape index (κ3) is 8.62. The van der Waals surface area contributed by atoms with Gasteiger partial charge >= 0.3 is 0 Å². The Balaban J connectivity index is 0.000000281. The van der Waals surface area contributed by atoms with Gasteiger partial charge in [0.1, 0.15) is 18.3 Å². The highest BCUT2D eigenvalue weighted by Crippen LogP contribution is 2.21. The van der Waals surface area contributed by atoms with E-state index in [-0.39, 0.29) is 24.9 Å². The monoisotopic (exact) mass is 558 g/mol. The summed E-state index contributed by atoms with van der Waals surface area (Å²) >= 11 is 4.58. The maximum atomic E-state index is 13.4. The number of nitrogens with zero attached hydrogens (tertiary/aromatic N) is 3. The van der Waals surface area contributed by atoms with Crippen LogP contribution in [0.3, 0.4) is 0 Å². The van der Waals surface area contributed by atoms with Crippen LogP contribution in [0.25, 0.3) is 0 Å². The van der Waals surface area contributed by atoms with Crippen LogP contribution in [0.5, 0.6) is 0 Å². The number of carbonyl (C=O) groups is 1. The van der Waals surface area contributed by atoms with Crippen molar-refractivity contribution in [3.05, 3.63) is 62.4 Å². The number of nitrogens with one attached hydrogen (secondary N) is 1. The summed E-state index contributed by atoms with van der Waals surface area (Å²) in [6.45, 7) is 5.42. The molecule has 11 heteroatoms. The molecule has 34 heavy (non-hydrogen) atoms. The Hall–Kier alpha value is -2.05. The largest absolute Gasteiger partial charge is 0.389 e. The lowest BCUT2D eigenvalue weighted by molar-refractivity contribution is -0.105.